The third-order valence-corrected chi connectivity index (χ3v) is 3.76. The molecule has 0 fully saturated rings. The zero-order valence-corrected chi connectivity index (χ0v) is 13.8. The van der Waals surface area contributed by atoms with Crippen LogP contribution in [0.25, 0.3) is 0 Å². The topological polar surface area (TPSA) is 38.3 Å². The quantitative estimate of drug-likeness (QED) is 0.902. The lowest BCUT2D eigenvalue weighted by Gasteiger charge is -2.18. The normalized spacial score (nSPS) is 11.8. The number of amides is 1. The fraction of sp³-hybridized carbons (Fsp3) is 0.278. The lowest BCUT2D eigenvalue weighted by atomic mass is 10.0. The molecule has 2 rings (SSSR count). The lowest BCUT2D eigenvalue weighted by molar-refractivity contribution is -0.121. The number of aryl methyl sites for hydroxylation is 1. The van der Waals surface area contributed by atoms with Gasteiger partial charge in [-0.1, -0.05) is 41.4 Å². The van der Waals surface area contributed by atoms with Crippen molar-refractivity contribution in [2.75, 3.05) is 7.11 Å². The van der Waals surface area contributed by atoms with E-state index in [0.29, 0.717) is 11.4 Å². The fourth-order valence-corrected chi connectivity index (χ4v) is 2.48. The molecule has 116 valence electrons. The second-order valence-electron chi connectivity index (χ2n) is 5.34. The van der Waals surface area contributed by atoms with Crippen LogP contribution in [0.2, 0.25) is 5.02 Å². The maximum absolute atomic E-state index is 12.2. The third kappa shape index (κ3) is 4.25. The minimum Gasteiger partial charge on any atom is -0.496 e. The maximum atomic E-state index is 12.2. The first-order valence-electron chi connectivity index (χ1n) is 7.18. The van der Waals surface area contributed by atoms with E-state index < -0.39 is 0 Å². The second kappa shape index (κ2) is 7.32. The predicted octanol–water partition coefficient (Wildman–Crippen LogP) is 4.08. The van der Waals surface area contributed by atoms with Crippen LogP contribution in [-0.2, 0) is 11.2 Å². The van der Waals surface area contributed by atoms with E-state index in [0.717, 1.165) is 22.4 Å². The molecule has 2 aromatic rings. The summed E-state index contributed by atoms with van der Waals surface area (Å²) < 4.78 is 5.37. The first-order valence-corrected chi connectivity index (χ1v) is 7.55. The van der Waals surface area contributed by atoms with Gasteiger partial charge in [-0.15, -0.1) is 0 Å². The second-order valence-corrected chi connectivity index (χ2v) is 5.77. The molecule has 0 spiro atoms. The van der Waals surface area contributed by atoms with Crippen LogP contribution in [-0.4, -0.2) is 13.0 Å². The van der Waals surface area contributed by atoms with Gasteiger partial charge in [0.15, 0.2) is 0 Å². The van der Waals surface area contributed by atoms with Crippen LogP contribution in [0.5, 0.6) is 5.75 Å². The Morgan fingerprint density at radius 1 is 1.23 bits per heavy atom. The number of carbonyl (C=O) groups excluding carboxylic acids is 1. The van der Waals surface area contributed by atoms with Crippen LogP contribution in [0, 0.1) is 6.92 Å². The number of halogens is 1. The molecule has 0 unspecified atom stereocenters. The van der Waals surface area contributed by atoms with Gasteiger partial charge in [0.05, 0.1) is 19.6 Å². The zero-order valence-electron chi connectivity index (χ0n) is 13.0. The number of nitrogens with one attached hydrogen (secondary N) is 1. The van der Waals surface area contributed by atoms with E-state index in [1.165, 1.54) is 0 Å². The number of hydrogen-bond donors (Lipinski definition) is 1. The van der Waals surface area contributed by atoms with Gasteiger partial charge < -0.3 is 10.1 Å². The Hall–Kier alpha value is -2.00. The van der Waals surface area contributed by atoms with Crippen molar-refractivity contribution in [2.45, 2.75) is 26.3 Å². The summed E-state index contributed by atoms with van der Waals surface area (Å²) in [5.74, 6) is 0.753. The van der Waals surface area contributed by atoms with Crippen molar-refractivity contribution in [3.05, 3.63) is 64.2 Å². The van der Waals surface area contributed by atoms with Crippen LogP contribution < -0.4 is 10.1 Å². The van der Waals surface area contributed by atoms with Crippen LogP contribution in [0.15, 0.2) is 42.5 Å². The summed E-state index contributed by atoms with van der Waals surface area (Å²) in [4.78, 5) is 12.2. The fourth-order valence-electron chi connectivity index (χ4n) is 2.35. The largest absolute Gasteiger partial charge is 0.496 e. The first-order chi connectivity index (χ1) is 10.5. The highest BCUT2D eigenvalue weighted by atomic mass is 35.5. The summed E-state index contributed by atoms with van der Waals surface area (Å²) in [7, 11) is 1.64. The van der Waals surface area contributed by atoms with Crippen LogP contribution in [0.1, 0.15) is 29.7 Å². The minimum absolute atomic E-state index is 0.0293. The SMILES string of the molecule is COc1ccc(C)cc1[C@@H](C)NC(=O)Cc1ccc(Cl)cc1. The molecule has 1 amide bonds. The van der Waals surface area contributed by atoms with E-state index in [1.54, 1.807) is 19.2 Å². The van der Waals surface area contributed by atoms with Gasteiger partial charge in [0.1, 0.15) is 5.75 Å². The van der Waals surface area contributed by atoms with Gasteiger partial charge in [-0.2, -0.15) is 0 Å². The minimum atomic E-state index is -0.116. The Morgan fingerprint density at radius 3 is 2.55 bits per heavy atom. The van der Waals surface area contributed by atoms with Crippen molar-refractivity contribution in [3.63, 3.8) is 0 Å². The highest BCUT2D eigenvalue weighted by Gasteiger charge is 2.14. The summed E-state index contributed by atoms with van der Waals surface area (Å²) in [6, 6.07) is 13.1. The highest BCUT2D eigenvalue weighted by molar-refractivity contribution is 6.30. The number of ether oxygens (including phenoxy) is 1. The average Bonchev–Trinajstić information content (AvgIpc) is 2.49. The lowest BCUT2D eigenvalue weighted by Crippen LogP contribution is -2.28. The van der Waals surface area contributed by atoms with Crippen molar-refractivity contribution < 1.29 is 9.53 Å². The molecule has 0 bridgehead atoms. The van der Waals surface area contributed by atoms with Gasteiger partial charge >= 0.3 is 0 Å². The molecule has 0 heterocycles. The Kier molecular flexibility index (Phi) is 5.45. The Morgan fingerprint density at radius 2 is 1.91 bits per heavy atom. The average molecular weight is 318 g/mol. The van der Waals surface area contributed by atoms with E-state index in [4.69, 9.17) is 16.3 Å². The molecule has 0 aliphatic heterocycles. The van der Waals surface area contributed by atoms with Gasteiger partial charge in [0.2, 0.25) is 5.91 Å². The van der Waals surface area contributed by atoms with Crippen molar-refractivity contribution in [1.82, 2.24) is 5.32 Å². The summed E-state index contributed by atoms with van der Waals surface area (Å²) in [5, 5.41) is 3.68. The first kappa shape index (κ1) is 16.4. The summed E-state index contributed by atoms with van der Waals surface area (Å²) in [5.41, 5.74) is 3.05. The van der Waals surface area contributed by atoms with E-state index in [2.05, 4.69) is 5.32 Å². The molecule has 2 aromatic carbocycles. The summed E-state index contributed by atoms with van der Waals surface area (Å²) >= 11 is 5.85. The Labute approximate surface area is 136 Å². The summed E-state index contributed by atoms with van der Waals surface area (Å²) in [6.07, 6.45) is 0.329. The number of hydrogen-bond acceptors (Lipinski definition) is 2. The molecular weight excluding hydrogens is 298 g/mol. The third-order valence-electron chi connectivity index (χ3n) is 3.51. The summed E-state index contributed by atoms with van der Waals surface area (Å²) in [6.45, 7) is 3.97. The molecular formula is C18H20ClNO2. The van der Waals surface area contributed by atoms with Gasteiger partial charge in [0, 0.05) is 10.6 Å². The van der Waals surface area contributed by atoms with Crippen molar-refractivity contribution in [3.8, 4) is 5.75 Å². The molecule has 1 N–H and O–H groups in total. The molecule has 0 aliphatic rings. The molecule has 0 aromatic heterocycles. The molecule has 1 atom stereocenters. The van der Waals surface area contributed by atoms with Crippen molar-refractivity contribution >= 4 is 17.5 Å². The van der Waals surface area contributed by atoms with Crippen LogP contribution >= 0.6 is 11.6 Å². The molecule has 0 saturated carbocycles. The van der Waals surface area contributed by atoms with E-state index in [9.17, 15) is 4.79 Å². The molecule has 4 heteroatoms. The molecule has 22 heavy (non-hydrogen) atoms. The van der Waals surface area contributed by atoms with Gasteiger partial charge in [-0.05, 0) is 37.6 Å². The monoisotopic (exact) mass is 317 g/mol. The van der Waals surface area contributed by atoms with Gasteiger partial charge in [-0.25, -0.2) is 0 Å². The van der Waals surface area contributed by atoms with Gasteiger partial charge in [-0.3, -0.25) is 4.79 Å². The maximum Gasteiger partial charge on any atom is 0.224 e. The Balaban J connectivity index is 2.05. The number of methoxy groups -OCH3 is 1. The highest BCUT2D eigenvalue weighted by Crippen LogP contribution is 2.26. The van der Waals surface area contributed by atoms with Gasteiger partial charge in [0.25, 0.3) is 0 Å². The van der Waals surface area contributed by atoms with E-state index >= 15 is 0 Å². The van der Waals surface area contributed by atoms with E-state index in [-0.39, 0.29) is 11.9 Å². The number of benzene rings is 2. The number of rotatable bonds is 5. The molecule has 0 saturated heterocycles. The molecule has 0 radical (unpaired) electrons. The number of carbonyl (C=O) groups is 1. The zero-order chi connectivity index (χ0) is 16.1. The van der Waals surface area contributed by atoms with Crippen LogP contribution in [0.3, 0.4) is 0 Å². The van der Waals surface area contributed by atoms with Crippen LogP contribution in [0.4, 0.5) is 0 Å². The molecule has 0 aliphatic carbocycles. The van der Waals surface area contributed by atoms with Crippen molar-refractivity contribution in [2.24, 2.45) is 0 Å². The Bertz CT molecular complexity index is 653. The smallest absolute Gasteiger partial charge is 0.224 e. The predicted molar refractivity (Wildman–Crippen MR) is 89.4 cm³/mol. The standard InChI is InChI=1S/C18H20ClNO2/c1-12-4-9-17(22-3)16(10-12)13(2)20-18(21)11-14-5-7-15(19)8-6-14/h4-10,13H,11H2,1-3H3,(H,20,21)/t13-/m1/s1. The van der Waals surface area contributed by atoms with E-state index in [1.807, 2.05) is 44.2 Å². The van der Waals surface area contributed by atoms with Crippen molar-refractivity contribution in [1.29, 1.82) is 0 Å². The molecule has 3 nitrogen and oxygen atoms in total.